The third-order valence-electron chi connectivity index (χ3n) is 3.52. The van der Waals surface area contributed by atoms with Crippen molar-refractivity contribution >= 4 is 5.91 Å². The molecule has 1 aromatic rings. The molecule has 1 amide bonds. The Bertz CT molecular complexity index is 429. The van der Waals surface area contributed by atoms with Crippen LogP contribution in [-0.4, -0.2) is 59.5 Å². The molecule has 1 aliphatic heterocycles. The lowest BCUT2D eigenvalue weighted by atomic mass is 10.0. The maximum atomic E-state index is 12.1. The van der Waals surface area contributed by atoms with E-state index in [0.29, 0.717) is 38.6 Å². The van der Waals surface area contributed by atoms with E-state index in [4.69, 9.17) is 9.47 Å². The summed E-state index contributed by atoms with van der Waals surface area (Å²) in [6, 6.07) is 0. The minimum atomic E-state index is 0.127. The number of hydrogen-bond acceptors (Lipinski definition) is 5. The summed E-state index contributed by atoms with van der Waals surface area (Å²) in [5.74, 6) is 1.26. The SMILES string of the molecule is COCCn1cnnc1CN(C)C(=O)C[C@H]1CCOC1. The molecule has 0 spiro atoms. The van der Waals surface area contributed by atoms with Crippen molar-refractivity contribution in [1.29, 1.82) is 0 Å². The molecule has 112 valence electrons. The van der Waals surface area contributed by atoms with Gasteiger partial charge in [0.2, 0.25) is 5.91 Å². The molecule has 1 atom stereocenters. The molecule has 7 heteroatoms. The summed E-state index contributed by atoms with van der Waals surface area (Å²) in [6.45, 7) is 3.23. The van der Waals surface area contributed by atoms with Gasteiger partial charge in [0.05, 0.1) is 13.2 Å². The van der Waals surface area contributed by atoms with E-state index in [1.165, 1.54) is 0 Å². The second-order valence-electron chi connectivity index (χ2n) is 5.12. The maximum absolute atomic E-state index is 12.1. The highest BCUT2D eigenvalue weighted by Gasteiger charge is 2.21. The van der Waals surface area contributed by atoms with E-state index in [1.807, 2.05) is 4.57 Å². The number of ether oxygens (including phenoxy) is 2. The molecular weight excluding hydrogens is 260 g/mol. The van der Waals surface area contributed by atoms with Gasteiger partial charge in [0, 0.05) is 40.3 Å². The van der Waals surface area contributed by atoms with Crippen LogP contribution in [0.4, 0.5) is 0 Å². The van der Waals surface area contributed by atoms with Crippen molar-refractivity contribution in [2.24, 2.45) is 5.92 Å². The molecule has 0 unspecified atom stereocenters. The first kappa shape index (κ1) is 14.9. The minimum absolute atomic E-state index is 0.127. The molecule has 7 nitrogen and oxygen atoms in total. The van der Waals surface area contributed by atoms with Crippen LogP contribution < -0.4 is 0 Å². The number of rotatable bonds is 7. The lowest BCUT2D eigenvalue weighted by Crippen LogP contribution is -2.29. The van der Waals surface area contributed by atoms with Crippen molar-refractivity contribution in [2.75, 3.05) is 34.0 Å². The van der Waals surface area contributed by atoms with Crippen LogP contribution in [0.1, 0.15) is 18.7 Å². The fourth-order valence-electron chi connectivity index (χ4n) is 2.23. The normalized spacial score (nSPS) is 18.4. The van der Waals surface area contributed by atoms with Gasteiger partial charge in [-0.25, -0.2) is 0 Å². The number of carbonyl (C=O) groups is 1. The number of nitrogens with zero attached hydrogens (tertiary/aromatic N) is 4. The fourth-order valence-corrected chi connectivity index (χ4v) is 2.23. The standard InChI is InChI=1S/C13H22N4O3/c1-16(13(18)7-11-3-5-20-9-11)8-12-15-14-10-17(12)4-6-19-2/h10-11H,3-9H2,1-2H3/t11-/m1/s1. The molecule has 0 saturated carbocycles. The van der Waals surface area contributed by atoms with Crippen LogP contribution in [0.25, 0.3) is 0 Å². The molecular formula is C13H22N4O3. The second kappa shape index (κ2) is 7.35. The Hall–Kier alpha value is -1.47. The summed E-state index contributed by atoms with van der Waals surface area (Å²) in [5, 5.41) is 7.95. The van der Waals surface area contributed by atoms with Gasteiger partial charge in [-0.3, -0.25) is 4.79 Å². The number of aromatic nitrogens is 3. The predicted molar refractivity (Wildman–Crippen MR) is 71.9 cm³/mol. The van der Waals surface area contributed by atoms with Gasteiger partial charge >= 0.3 is 0 Å². The first-order valence-corrected chi connectivity index (χ1v) is 6.88. The molecule has 2 rings (SSSR count). The Morgan fingerprint density at radius 3 is 3.20 bits per heavy atom. The van der Waals surface area contributed by atoms with E-state index >= 15 is 0 Å². The summed E-state index contributed by atoms with van der Waals surface area (Å²) < 4.78 is 12.2. The average Bonchev–Trinajstić information content (AvgIpc) is 3.08. The molecule has 1 saturated heterocycles. The van der Waals surface area contributed by atoms with Crippen molar-refractivity contribution in [3.05, 3.63) is 12.2 Å². The molecule has 2 heterocycles. The molecule has 0 bridgehead atoms. The highest BCUT2D eigenvalue weighted by molar-refractivity contribution is 5.76. The van der Waals surface area contributed by atoms with Crippen molar-refractivity contribution in [1.82, 2.24) is 19.7 Å². The van der Waals surface area contributed by atoms with Crippen LogP contribution in [0.15, 0.2) is 6.33 Å². The minimum Gasteiger partial charge on any atom is -0.383 e. The number of carbonyl (C=O) groups excluding carboxylic acids is 1. The van der Waals surface area contributed by atoms with E-state index < -0.39 is 0 Å². The summed E-state index contributed by atoms with van der Waals surface area (Å²) in [7, 11) is 3.46. The molecule has 20 heavy (non-hydrogen) atoms. The number of methoxy groups -OCH3 is 1. The first-order valence-electron chi connectivity index (χ1n) is 6.88. The zero-order valence-corrected chi connectivity index (χ0v) is 12.1. The highest BCUT2D eigenvalue weighted by Crippen LogP contribution is 2.17. The van der Waals surface area contributed by atoms with Crippen LogP contribution in [0.3, 0.4) is 0 Å². The predicted octanol–water partition coefficient (Wildman–Crippen LogP) is 0.310. The lowest BCUT2D eigenvalue weighted by molar-refractivity contribution is -0.131. The third-order valence-corrected chi connectivity index (χ3v) is 3.52. The summed E-state index contributed by atoms with van der Waals surface area (Å²) in [4.78, 5) is 13.8. The van der Waals surface area contributed by atoms with E-state index in [-0.39, 0.29) is 5.91 Å². The smallest absolute Gasteiger partial charge is 0.223 e. The van der Waals surface area contributed by atoms with Crippen molar-refractivity contribution in [2.45, 2.75) is 25.9 Å². The zero-order valence-electron chi connectivity index (χ0n) is 12.1. The van der Waals surface area contributed by atoms with Gasteiger partial charge in [-0.05, 0) is 12.3 Å². The van der Waals surface area contributed by atoms with Gasteiger partial charge < -0.3 is 18.9 Å². The summed E-state index contributed by atoms with van der Waals surface area (Å²) >= 11 is 0. The average molecular weight is 282 g/mol. The molecule has 1 aliphatic rings. The Morgan fingerprint density at radius 2 is 2.50 bits per heavy atom. The number of hydrogen-bond donors (Lipinski definition) is 0. The summed E-state index contributed by atoms with van der Waals surface area (Å²) in [6.07, 6.45) is 3.18. The quantitative estimate of drug-likeness (QED) is 0.720. The van der Waals surface area contributed by atoms with Crippen LogP contribution in [-0.2, 0) is 27.4 Å². The summed E-state index contributed by atoms with van der Waals surface area (Å²) in [5.41, 5.74) is 0. The second-order valence-corrected chi connectivity index (χ2v) is 5.12. The molecule has 0 N–H and O–H groups in total. The molecule has 0 aromatic carbocycles. The van der Waals surface area contributed by atoms with Gasteiger partial charge in [-0.2, -0.15) is 0 Å². The van der Waals surface area contributed by atoms with Gasteiger partial charge in [-0.15, -0.1) is 10.2 Å². The Kier molecular flexibility index (Phi) is 5.49. The van der Waals surface area contributed by atoms with Gasteiger partial charge in [0.1, 0.15) is 6.33 Å². The zero-order chi connectivity index (χ0) is 14.4. The maximum Gasteiger partial charge on any atom is 0.223 e. The Labute approximate surface area is 118 Å². The van der Waals surface area contributed by atoms with Crippen LogP contribution in [0.2, 0.25) is 0 Å². The molecule has 1 aromatic heterocycles. The fraction of sp³-hybridized carbons (Fsp3) is 0.769. The van der Waals surface area contributed by atoms with Crippen LogP contribution in [0, 0.1) is 5.92 Å². The topological polar surface area (TPSA) is 69.5 Å². The molecule has 0 radical (unpaired) electrons. The Morgan fingerprint density at radius 1 is 1.65 bits per heavy atom. The lowest BCUT2D eigenvalue weighted by Gasteiger charge is -2.18. The largest absolute Gasteiger partial charge is 0.383 e. The van der Waals surface area contributed by atoms with Gasteiger partial charge in [0.15, 0.2) is 5.82 Å². The highest BCUT2D eigenvalue weighted by atomic mass is 16.5. The number of amides is 1. The van der Waals surface area contributed by atoms with E-state index in [9.17, 15) is 4.79 Å². The van der Waals surface area contributed by atoms with Gasteiger partial charge in [-0.1, -0.05) is 0 Å². The van der Waals surface area contributed by atoms with E-state index in [2.05, 4.69) is 10.2 Å². The van der Waals surface area contributed by atoms with Gasteiger partial charge in [0.25, 0.3) is 0 Å². The van der Waals surface area contributed by atoms with Crippen molar-refractivity contribution in [3.8, 4) is 0 Å². The van der Waals surface area contributed by atoms with E-state index in [1.54, 1.807) is 25.4 Å². The molecule has 0 aliphatic carbocycles. The van der Waals surface area contributed by atoms with Crippen LogP contribution >= 0.6 is 0 Å². The monoisotopic (exact) mass is 282 g/mol. The first-order chi connectivity index (χ1) is 9.70. The third kappa shape index (κ3) is 4.01. The van der Waals surface area contributed by atoms with Crippen molar-refractivity contribution < 1.29 is 14.3 Å². The van der Waals surface area contributed by atoms with Crippen LogP contribution in [0.5, 0.6) is 0 Å². The van der Waals surface area contributed by atoms with E-state index in [0.717, 1.165) is 18.9 Å². The Balaban J connectivity index is 1.85. The molecule has 1 fully saturated rings. The van der Waals surface area contributed by atoms with Crippen molar-refractivity contribution in [3.63, 3.8) is 0 Å².